The van der Waals surface area contributed by atoms with E-state index >= 15 is 0 Å². The molecule has 2 N–H and O–H groups in total. The lowest BCUT2D eigenvalue weighted by Crippen LogP contribution is -2.15. The minimum atomic E-state index is -0.940. The van der Waals surface area contributed by atoms with Gasteiger partial charge in [-0.15, -0.1) is 0 Å². The molecule has 0 saturated carbocycles. The Bertz CT molecular complexity index is 1940. The number of pyridine rings is 1. The summed E-state index contributed by atoms with van der Waals surface area (Å²) in [6.45, 7) is 1.95. The number of halogens is 2. The summed E-state index contributed by atoms with van der Waals surface area (Å²) in [6, 6.07) is 23.4. The zero-order chi connectivity index (χ0) is 29.2. The molecule has 0 atom stereocenters. The molecule has 0 saturated heterocycles. The molecule has 8 nitrogen and oxygen atoms in total. The Morgan fingerprint density at radius 3 is 2.50 bits per heavy atom. The third-order valence-electron chi connectivity index (χ3n) is 6.69. The molecule has 10 heteroatoms. The summed E-state index contributed by atoms with van der Waals surface area (Å²) in [5.41, 5.74) is 4.91. The Kier molecular flexibility index (Phi) is 7.02. The summed E-state index contributed by atoms with van der Waals surface area (Å²) < 4.78 is 35.5. The van der Waals surface area contributed by atoms with Crippen LogP contribution in [0.25, 0.3) is 28.0 Å². The lowest BCUT2D eigenvalue weighted by molar-refractivity contribution is 0.101. The molecule has 0 aliphatic rings. The largest absolute Gasteiger partial charge is 0.496 e. The standard InChI is InChI=1S/C32H24F2N6O2/c1-19-17-22(12-13-27(19)42-2)37-32-35-15-14-25(38-32)29-26-11-3-4-16-40(26)39-30(29)20-7-5-8-21(18-20)36-31(41)28-23(33)9-6-10-24(28)34/h3-18H,1-2H3,(H,36,41)(H,35,37,38). The van der Waals surface area contributed by atoms with Gasteiger partial charge in [-0.2, -0.15) is 5.10 Å². The van der Waals surface area contributed by atoms with Crippen LogP contribution in [0.5, 0.6) is 5.75 Å². The number of hydrogen-bond acceptors (Lipinski definition) is 6. The van der Waals surface area contributed by atoms with Crippen molar-refractivity contribution in [2.75, 3.05) is 17.7 Å². The molecule has 0 bridgehead atoms. The molecule has 0 unspecified atom stereocenters. The van der Waals surface area contributed by atoms with Crippen LogP contribution in [0.2, 0.25) is 0 Å². The number of aromatic nitrogens is 4. The number of nitrogens with zero attached hydrogens (tertiary/aromatic N) is 4. The Morgan fingerprint density at radius 1 is 0.905 bits per heavy atom. The lowest BCUT2D eigenvalue weighted by atomic mass is 10.0. The van der Waals surface area contributed by atoms with E-state index in [4.69, 9.17) is 14.8 Å². The van der Waals surface area contributed by atoms with E-state index in [1.807, 2.05) is 55.6 Å². The van der Waals surface area contributed by atoms with Gasteiger partial charge in [0.15, 0.2) is 0 Å². The molecule has 1 amide bonds. The summed E-state index contributed by atoms with van der Waals surface area (Å²) in [4.78, 5) is 21.9. The third kappa shape index (κ3) is 5.13. The lowest BCUT2D eigenvalue weighted by Gasteiger charge is -2.11. The van der Waals surface area contributed by atoms with Crippen LogP contribution in [0.3, 0.4) is 0 Å². The maximum absolute atomic E-state index is 14.2. The molecule has 42 heavy (non-hydrogen) atoms. The number of benzene rings is 3. The molecule has 0 aliphatic heterocycles. The highest BCUT2D eigenvalue weighted by Gasteiger charge is 2.20. The second-order valence-corrected chi connectivity index (χ2v) is 9.46. The van der Waals surface area contributed by atoms with Gasteiger partial charge in [-0.05, 0) is 73.2 Å². The Morgan fingerprint density at radius 2 is 1.71 bits per heavy atom. The number of hydrogen-bond donors (Lipinski definition) is 2. The summed E-state index contributed by atoms with van der Waals surface area (Å²) in [5.74, 6) is -1.60. The van der Waals surface area contributed by atoms with Crippen molar-refractivity contribution in [2.45, 2.75) is 6.92 Å². The van der Waals surface area contributed by atoms with Crippen molar-refractivity contribution in [1.29, 1.82) is 0 Å². The fourth-order valence-corrected chi connectivity index (χ4v) is 4.75. The normalized spacial score (nSPS) is 11.0. The number of amides is 1. The molecule has 3 aromatic heterocycles. The third-order valence-corrected chi connectivity index (χ3v) is 6.69. The fraction of sp³-hybridized carbons (Fsp3) is 0.0625. The van der Waals surface area contributed by atoms with Crippen LogP contribution in [0.1, 0.15) is 15.9 Å². The molecule has 3 heterocycles. The van der Waals surface area contributed by atoms with Crippen molar-refractivity contribution in [2.24, 2.45) is 0 Å². The number of fused-ring (bicyclic) bond motifs is 1. The molecular weight excluding hydrogens is 538 g/mol. The number of nitrogens with one attached hydrogen (secondary N) is 2. The molecule has 6 aromatic rings. The minimum Gasteiger partial charge on any atom is -0.496 e. The maximum Gasteiger partial charge on any atom is 0.261 e. The first-order valence-corrected chi connectivity index (χ1v) is 13.0. The monoisotopic (exact) mass is 562 g/mol. The van der Waals surface area contributed by atoms with Crippen LogP contribution in [0.15, 0.2) is 97.3 Å². The molecule has 0 aliphatic carbocycles. The highest BCUT2D eigenvalue weighted by molar-refractivity contribution is 6.05. The number of carbonyl (C=O) groups excluding carboxylic acids is 1. The average Bonchev–Trinajstić information content (AvgIpc) is 3.37. The van der Waals surface area contributed by atoms with Gasteiger partial charge >= 0.3 is 0 Å². The van der Waals surface area contributed by atoms with E-state index in [0.717, 1.165) is 40.2 Å². The van der Waals surface area contributed by atoms with Gasteiger partial charge in [0.05, 0.1) is 23.9 Å². The van der Waals surface area contributed by atoms with E-state index in [1.165, 1.54) is 6.07 Å². The van der Waals surface area contributed by atoms with Gasteiger partial charge in [0.1, 0.15) is 28.6 Å². The highest BCUT2D eigenvalue weighted by Crippen LogP contribution is 2.35. The van der Waals surface area contributed by atoms with Gasteiger partial charge in [-0.1, -0.05) is 24.3 Å². The Hall–Kier alpha value is -5.64. The first-order valence-electron chi connectivity index (χ1n) is 13.0. The van der Waals surface area contributed by atoms with E-state index in [2.05, 4.69) is 15.6 Å². The van der Waals surface area contributed by atoms with Crippen molar-refractivity contribution >= 4 is 28.7 Å². The van der Waals surface area contributed by atoms with E-state index < -0.39 is 23.1 Å². The summed E-state index contributed by atoms with van der Waals surface area (Å²) in [6.07, 6.45) is 3.49. The molecule has 6 rings (SSSR count). The quantitative estimate of drug-likeness (QED) is 0.217. The van der Waals surface area contributed by atoms with Gasteiger partial charge in [0.25, 0.3) is 5.91 Å². The molecule has 3 aromatic carbocycles. The van der Waals surface area contributed by atoms with Crippen LogP contribution < -0.4 is 15.4 Å². The van der Waals surface area contributed by atoms with Crippen LogP contribution in [0.4, 0.5) is 26.1 Å². The van der Waals surface area contributed by atoms with Crippen molar-refractivity contribution in [3.8, 4) is 28.3 Å². The van der Waals surface area contributed by atoms with Crippen molar-refractivity contribution in [3.05, 3.63) is 120 Å². The minimum absolute atomic E-state index is 0.350. The van der Waals surface area contributed by atoms with Crippen LogP contribution >= 0.6 is 0 Å². The zero-order valence-corrected chi connectivity index (χ0v) is 22.6. The molecule has 208 valence electrons. The number of carbonyl (C=O) groups is 1. The second kappa shape index (κ2) is 11.1. The smallest absolute Gasteiger partial charge is 0.261 e. The Labute approximate surface area is 239 Å². The molecule has 0 spiro atoms. The first-order chi connectivity index (χ1) is 20.4. The average molecular weight is 563 g/mol. The Balaban J connectivity index is 1.38. The van der Waals surface area contributed by atoms with Gasteiger partial charge in [-0.3, -0.25) is 4.79 Å². The van der Waals surface area contributed by atoms with E-state index in [1.54, 1.807) is 42.1 Å². The highest BCUT2D eigenvalue weighted by atomic mass is 19.1. The SMILES string of the molecule is COc1ccc(Nc2nccc(-c3c(-c4cccc(NC(=O)c5c(F)cccc5F)c4)nn4ccccc34)n2)cc1C. The number of aryl methyl sites for hydroxylation is 1. The van der Waals surface area contributed by atoms with Crippen molar-refractivity contribution < 1.29 is 18.3 Å². The van der Waals surface area contributed by atoms with E-state index in [0.29, 0.717) is 28.6 Å². The molecule has 0 radical (unpaired) electrons. The van der Waals surface area contributed by atoms with E-state index in [9.17, 15) is 13.6 Å². The predicted octanol–water partition coefficient (Wildman–Crippen LogP) is 7.05. The zero-order valence-electron chi connectivity index (χ0n) is 22.6. The van der Waals surface area contributed by atoms with Gasteiger partial charge in [0, 0.05) is 29.3 Å². The maximum atomic E-state index is 14.2. The topological polar surface area (TPSA) is 93.4 Å². The second-order valence-electron chi connectivity index (χ2n) is 9.46. The molecule has 0 fully saturated rings. The summed E-state index contributed by atoms with van der Waals surface area (Å²) in [5, 5.41) is 10.6. The summed E-state index contributed by atoms with van der Waals surface area (Å²) >= 11 is 0. The van der Waals surface area contributed by atoms with Gasteiger partial charge in [0.2, 0.25) is 5.95 Å². The van der Waals surface area contributed by atoms with Crippen molar-refractivity contribution in [3.63, 3.8) is 0 Å². The van der Waals surface area contributed by atoms with Gasteiger partial charge in [-0.25, -0.2) is 23.3 Å². The van der Waals surface area contributed by atoms with Crippen LogP contribution in [0, 0.1) is 18.6 Å². The summed E-state index contributed by atoms with van der Waals surface area (Å²) in [7, 11) is 1.63. The molecular formula is C32H24F2N6O2. The number of anilines is 3. The first kappa shape index (κ1) is 26.6. The van der Waals surface area contributed by atoms with Gasteiger partial charge < -0.3 is 15.4 Å². The van der Waals surface area contributed by atoms with Crippen LogP contribution in [-0.4, -0.2) is 32.6 Å². The predicted molar refractivity (Wildman–Crippen MR) is 157 cm³/mol. The number of ether oxygens (including phenoxy) is 1. The fourth-order valence-electron chi connectivity index (χ4n) is 4.75. The van der Waals surface area contributed by atoms with Crippen molar-refractivity contribution in [1.82, 2.24) is 19.6 Å². The number of methoxy groups -OCH3 is 1. The van der Waals surface area contributed by atoms with Crippen LogP contribution in [-0.2, 0) is 0 Å². The van der Waals surface area contributed by atoms with E-state index in [-0.39, 0.29) is 0 Å². The number of rotatable bonds is 7.